The van der Waals surface area contributed by atoms with E-state index in [0.717, 1.165) is 67.8 Å². The van der Waals surface area contributed by atoms with Gasteiger partial charge in [0.25, 0.3) is 0 Å². The number of carboxylic acids is 1. The average molecular weight is 565 g/mol. The minimum Gasteiger partial charge on any atom is -0.507 e. The van der Waals surface area contributed by atoms with Crippen molar-refractivity contribution >= 4 is 28.6 Å². The molecule has 0 atom stereocenters. The van der Waals surface area contributed by atoms with Gasteiger partial charge in [-0.1, -0.05) is 54.9 Å². The van der Waals surface area contributed by atoms with E-state index in [-0.39, 0.29) is 17.3 Å². The number of aromatic amines is 1. The SMILES string of the molecule is CCCc1ccc(-c2[nH]c(-c3cc(C(C)(C)C)c(O)c(C(C)(C)C)c3)nc2-c2ccc(CCCC(=O)O)s2)s1. The molecule has 4 aromatic rings. The lowest BCUT2D eigenvalue weighted by molar-refractivity contribution is -0.137. The number of benzene rings is 1. The highest BCUT2D eigenvalue weighted by Gasteiger charge is 2.28. The molecule has 3 N–H and O–H groups in total. The number of phenols is 1. The standard InChI is InChI=1S/C32H40N2O3S2/c1-8-10-20-13-15-24(38-20)27-28(25-16-14-21(39-25)11-9-12-26(35)36)34-30(33-27)19-17-22(31(2,3)4)29(37)23(18-19)32(5,6)7/h13-18,37H,8-12H2,1-7H3,(H,33,34)(H,35,36). The normalized spacial score (nSPS) is 12.3. The number of hydrogen-bond acceptors (Lipinski definition) is 5. The maximum atomic E-state index is 11.2. The quantitative estimate of drug-likeness (QED) is 0.189. The zero-order chi connectivity index (χ0) is 28.5. The molecule has 0 aliphatic carbocycles. The van der Waals surface area contributed by atoms with Crippen LogP contribution in [0.4, 0.5) is 0 Å². The Morgan fingerprint density at radius 2 is 1.46 bits per heavy atom. The Balaban J connectivity index is 1.85. The van der Waals surface area contributed by atoms with Gasteiger partial charge in [-0.15, -0.1) is 22.7 Å². The first kappa shape index (κ1) is 29.1. The third kappa shape index (κ3) is 6.64. The number of aryl methyl sites for hydroxylation is 2. The number of carbonyl (C=O) groups is 1. The number of aromatic hydroxyl groups is 1. The third-order valence-electron chi connectivity index (χ3n) is 6.82. The van der Waals surface area contributed by atoms with E-state index in [1.54, 1.807) is 22.7 Å². The summed E-state index contributed by atoms with van der Waals surface area (Å²) in [6.07, 6.45) is 3.69. The van der Waals surface area contributed by atoms with Crippen LogP contribution in [-0.2, 0) is 28.5 Å². The first-order chi connectivity index (χ1) is 18.3. The van der Waals surface area contributed by atoms with Gasteiger partial charge >= 0.3 is 5.97 Å². The molecular formula is C32H40N2O3S2. The second-order valence-corrected chi connectivity index (χ2v) is 14.6. The molecule has 3 aromatic heterocycles. The van der Waals surface area contributed by atoms with E-state index in [0.29, 0.717) is 12.2 Å². The van der Waals surface area contributed by atoms with E-state index in [4.69, 9.17) is 10.1 Å². The molecular weight excluding hydrogens is 524 g/mol. The molecule has 1 aromatic carbocycles. The molecule has 39 heavy (non-hydrogen) atoms. The van der Waals surface area contributed by atoms with Gasteiger partial charge < -0.3 is 15.2 Å². The topological polar surface area (TPSA) is 86.2 Å². The Morgan fingerprint density at radius 1 is 0.897 bits per heavy atom. The van der Waals surface area contributed by atoms with Crippen LogP contribution >= 0.6 is 22.7 Å². The summed E-state index contributed by atoms with van der Waals surface area (Å²) in [5.74, 6) is 0.379. The molecule has 7 heteroatoms. The number of carboxylic acid groups (broad SMARTS) is 1. The molecule has 0 radical (unpaired) electrons. The number of phenolic OH excluding ortho intramolecular Hbond substituents is 1. The van der Waals surface area contributed by atoms with Crippen molar-refractivity contribution < 1.29 is 15.0 Å². The smallest absolute Gasteiger partial charge is 0.303 e. The molecule has 0 saturated heterocycles. The fraction of sp³-hybridized carbons (Fsp3) is 0.438. The molecule has 4 rings (SSSR count). The summed E-state index contributed by atoms with van der Waals surface area (Å²) in [5, 5.41) is 20.3. The molecule has 0 bridgehead atoms. The number of rotatable bonds is 9. The summed E-state index contributed by atoms with van der Waals surface area (Å²) in [6.45, 7) is 14.9. The Bertz CT molecular complexity index is 1430. The largest absolute Gasteiger partial charge is 0.507 e. The van der Waals surface area contributed by atoms with E-state index < -0.39 is 5.97 Å². The maximum absolute atomic E-state index is 11.2. The first-order valence-corrected chi connectivity index (χ1v) is 15.3. The summed E-state index contributed by atoms with van der Waals surface area (Å²) in [5.41, 5.74) is 4.20. The Hall–Kier alpha value is -2.90. The van der Waals surface area contributed by atoms with Crippen molar-refractivity contribution in [3.05, 3.63) is 57.3 Å². The van der Waals surface area contributed by atoms with Crippen LogP contribution in [0, 0.1) is 0 Å². The van der Waals surface area contributed by atoms with Crippen LogP contribution in [-0.4, -0.2) is 26.2 Å². The number of thiophene rings is 2. The van der Waals surface area contributed by atoms with Crippen molar-refractivity contribution in [3.8, 4) is 38.3 Å². The molecule has 0 amide bonds. The number of nitrogens with one attached hydrogen (secondary N) is 1. The van der Waals surface area contributed by atoms with Crippen LogP contribution in [0.1, 0.15) is 88.6 Å². The molecule has 0 unspecified atom stereocenters. The zero-order valence-corrected chi connectivity index (χ0v) is 25.7. The molecule has 3 heterocycles. The molecule has 0 aliphatic rings. The van der Waals surface area contributed by atoms with E-state index in [2.05, 4.69) is 89.8 Å². The number of aromatic nitrogens is 2. The van der Waals surface area contributed by atoms with Crippen LogP contribution in [0.25, 0.3) is 32.5 Å². The Labute approximate surface area is 240 Å². The highest BCUT2D eigenvalue weighted by atomic mass is 32.1. The first-order valence-electron chi connectivity index (χ1n) is 13.7. The van der Waals surface area contributed by atoms with Gasteiger partial charge in [-0.25, -0.2) is 4.98 Å². The van der Waals surface area contributed by atoms with Gasteiger partial charge in [-0.05, 0) is 66.5 Å². The fourth-order valence-electron chi connectivity index (χ4n) is 4.73. The molecule has 0 aliphatic heterocycles. The Kier molecular flexibility index (Phi) is 8.43. The number of nitrogens with zero attached hydrogens (tertiary/aromatic N) is 1. The second-order valence-electron chi connectivity index (χ2n) is 12.3. The minimum atomic E-state index is -0.760. The van der Waals surface area contributed by atoms with Gasteiger partial charge in [0.15, 0.2) is 0 Å². The Morgan fingerprint density at radius 3 is 2.03 bits per heavy atom. The molecule has 0 fully saturated rings. The average Bonchev–Trinajstić information content (AvgIpc) is 3.57. The van der Waals surface area contributed by atoms with Crippen molar-refractivity contribution in [1.29, 1.82) is 0 Å². The molecule has 0 spiro atoms. The third-order valence-corrected chi connectivity index (χ3v) is 9.13. The lowest BCUT2D eigenvalue weighted by Gasteiger charge is -2.28. The van der Waals surface area contributed by atoms with E-state index in [1.807, 2.05) is 0 Å². The number of H-pyrrole nitrogens is 1. The fourth-order valence-corrected chi connectivity index (χ4v) is 6.88. The highest BCUT2D eigenvalue weighted by Crippen LogP contribution is 2.44. The number of imidazole rings is 1. The monoisotopic (exact) mass is 564 g/mol. The van der Waals surface area contributed by atoms with Crippen molar-refractivity contribution in [1.82, 2.24) is 9.97 Å². The van der Waals surface area contributed by atoms with Gasteiger partial charge in [-0.3, -0.25) is 4.79 Å². The van der Waals surface area contributed by atoms with Gasteiger partial charge in [0.1, 0.15) is 17.3 Å². The molecule has 208 valence electrons. The van der Waals surface area contributed by atoms with Crippen LogP contribution in [0.15, 0.2) is 36.4 Å². The number of aliphatic carboxylic acids is 1. The lowest BCUT2D eigenvalue weighted by atomic mass is 9.78. The second kappa shape index (κ2) is 11.3. The predicted octanol–water partition coefficient (Wildman–Crippen LogP) is 9.19. The van der Waals surface area contributed by atoms with Crippen molar-refractivity contribution in [3.63, 3.8) is 0 Å². The van der Waals surface area contributed by atoms with E-state index >= 15 is 0 Å². The zero-order valence-electron chi connectivity index (χ0n) is 24.1. The van der Waals surface area contributed by atoms with E-state index in [1.165, 1.54) is 4.88 Å². The van der Waals surface area contributed by atoms with Crippen molar-refractivity contribution in [2.24, 2.45) is 0 Å². The van der Waals surface area contributed by atoms with Crippen LogP contribution < -0.4 is 0 Å². The summed E-state index contributed by atoms with van der Waals surface area (Å²) >= 11 is 3.48. The minimum absolute atomic E-state index is 0.174. The van der Waals surface area contributed by atoms with Crippen LogP contribution in [0.2, 0.25) is 0 Å². The highest BCUT2D eigenvalue weighted by molar-refractivity contribution is 7.16. The predicted molar refractivity (Wildman–Crippen MR) is 164 cm³/mol. The van der Waals surface area contributed by atoms with Crippen molar-refractivity contribution in [2.45, 2.75) is 91.4 Å². The van der Waals surface area contributed by atoms with Crippen molar-refractivity contribution in [2.75, 3.05) is 0 Å². The summed E-state index contributed by atoms with van der Waals surface area (Å²) in [6, 6.07) is 12.7. The molecule has 5 nitrogen and oxygen atoms in total. The van der Waals surface area contributed by atoms with Gasteiger partial charge in [-0.2, -0.15) is 0 Å². The van der Waals surface area contributed by atoms with Gasteiger partial charge in [0.2, 0.25) is 0 Å². The molecule has 0 saturated carbocycles. The van der Waals surface area contributed by atoms with Crippen LogP contribution in [0.5, 0.6) is 5.75 Å². The maximum Gasteiger partial charge on any atom is 0.303 e. The van der Waals surface area contributed by atoms with Crippen LogP contribution in [0.3, 0.4) is 0 Å². The summed E-state index contributed by atoms with van der Waals surface area (Å²) < 4.78 is 0. The summed E-state index contributed by atoms with van der Waals surface area (Å²) in [7, 11) is 0. The lowest BCUT2D eigenvalue weighted by Crippen LogP contribution is -2.17. The summed E-state index contributed by atoms with van der Waals surface area (Å²) in [4.78, 5) is 24.5. The van der Waals surface area contributed by atoms with Gasteiger partial charge in [0, 0.05) is 32.9 Å². The van der Waals surface area contributed by atoms with Gasteiger partial charge in [0.05, 0.1) is 15.4 Å². The van der Waals surface area contributed by atoms with E-state index in [9.17, 15) is 9.90 Å². The number of hydrogen-bond donors (Lipinski definition) is 3.